The molecular weight excluding hydrogens is 281 g/mol. The van der Waals surface area contributed by atoms with E-state index in [1.165, 1.54) is 17.7 Å². The average Bonchev–Trinajstić information content (AvgIpc) is 2.29. The van der Waals surface area contributed by atoms with Gasteiger partial charge in [-0.2, -0.15) is 0 Å². The summed E-state index contributed by atoms with van der Waals surface area (Å²) in [6.45, 7) is 8.67. The summed E-state index contributed by atoms with van der Waals surface area (Å²) in [5, 5.41) is 3.37. The summed E-state index contributed by atoms with van der Waals surface area (Å²) >= 11 is 3.42. The van der Waals surface area contributed by atoms with Crippen LogP contribution in [0.1, 0.15) is 26.3 Å². The molecule has 0 fully saturated rings. The molecule has 0 aliphatic heterocycles. The van der Waals surface area contributed by atoms with Crippen LogP contribution >= 0.6 is 15.9 Å². The first kappa shape index (κ1) is 14.7. The SMILES string of the molecule is CCNCC(C)C(C)Cc1ccc(F)cc1Br. The molecule has 0 aliphatic rings. The number of halogens is 2. The molecule has 0 heterocycles. The van der Waals surface area contributed by atoms with Crippen molar-refractivity contribution >= 4 is 15.9 Å². The second-order valence-corrected chi connectivity index (χ2v) is 5.56. The van der Waals surface area contributed by atoms with E-state index in [9.17, 15) is 4.39 Å². The van der Waals surface area contributed by atoms with Crippen LogP contribution in [0.3, 0.4) is 0 Å². The summed E-state index contributed by atoms with van der Waals surface area (Å²) in [5.74, 6) is 1.01. The molecule has 2 atom stereocenters. The molecule has 1 rings (SSSR count). The van der Waals surface area contributed by atoms with Gasteiger partial charge in [-0.15, -0.1) is 0 Å². The van der Waals surface area contributed by atoms with E-state index in [0.717, 1.165) is 24.0 Å². The molecule has 0 aromatic heterocycles. The van der Waals surface area contributed by atoms with Gasteiger partial charge in [0.05, 0.1) is 0 Å². The van der Waals surface area contributed by atoms with E-state index in [0.29, 0.717) is 11.8 Å². The Balaban J connectivity index is 2.58. The molecule has 1 nitrogen and oxygen atoms in total. The van der Waals surface area contributed by atoms with Gasteiger partial charge in [-0.1, -0.05) is 42.8 Å². The lowest BCUT2D eigenvalue weighted by molar-refractivity contribution is 0.367. The summed E-state index contributed by atoms with van der Waals surface area (Å²) in [6, 6.07) is 4.94. The smallest absolute Gasteiger partial charge is 0.124 e. The fraction of sp³-hybridized carbons (Fsp3) is 0.571. The van der Waals surface area contributed by atoms with Gasteiger partial charge >= 0.3 is 0 Å². The van der Waals surface area contributed by atoms with Gasteiger partial charge < -0.3 is 5.32 Å². The van der Waals surface area contributed by atoms with Crippen LogP contribution in [0, 0.1) is 17.7 Å². The third kappa shape index (κ3) is 4.76. The van der Waals surface area contributed by atoms with Crippen molar-refractivity contribution in [2.75, 3.05) is 13.1 Å². The normalized spacial score (nSPS) is 14.6. The maximum Gasteiger partial charge on any atom is 0.124 e. The van der Waals surface area contributed by atoms with Crippen molar-refractivity contribution in [2.24, 2.45) is 11.8 Å². The van der Waals surface area contributed by atoms with Crippen LogP contribution in [0.5, 0.6) is 0 Å². The Hall–Kier alpha value is -0.410. The van der Waals surface area contributed by atoms with Crippen LogP contribution in [-0.2, 0) is 6.42 Å². The van der Waals surface area contributed by atoms with Crippen LogP contribution in [-0.4, -0.2) is 13.1 Å². The molecule has 0 saturated heterocycles. The quantitative estimate of drug-likeness (QED) is 0.837. The van der Waals surface area contributed by atoms with E-state index >= 15 is 0 Å². The topological polar surface area (TPSA) is 12.0 Å². The van der Waals surface area contributed by atoms with Crippen LogP contribution in [0.4, 0.5) is 4.39 Å². The molecule has 0 radical (unpaired) electrons. The minimum absolute atomic E-state index is 0.186. The maximum absolute atomic E-state index is 13.0. The van der Waals surface area contributed by atoms with Gasteiger partial charge in [0.1, 0.15) is 5.82 Å². The lowest BCUT2D eigenvalue weighted by Crippen LogP contribution is -2.25. The lowest BCUT2D eigenvalue weighted by Gasteiger charge is -2.20. The molecule has 2 unspecified atom stereocenters. The summed E-state index contributed by atoms with van der Waals surface area (Å²) < 4.78 is 13.8. The molecule has 0 aliphatic carbocycles. The van der Waals surface area contributed by atoms with Gasteiger partial charge in [0.25, 0.3) is 0 Å². The maximum atomic E-state index is 13.0. The van der Waals surface area contributed by atoms with Crippen LogP contribution in [0.2, 0.25) is 0 Å². The average molecular weight is 302 g/mol. The highest BCUT2D eigenvalue weighted by Crippen LogP contribution is 2.23. The largest absolute Gasteiger partial charge is 0.317 e. The molecule has 96 valence electrons. The third-order valence-corrected chi connectivity index (χ3v) is 3.98. The highest BCUT2D eigenvalue weighted by Gasteiger charge is 2.14. The zero-order valence-electron chi connectivity index (χ0n) is 10.8. The van der Waals surface area contributed by atoms with Crippen molar-refractivity contribution in [3.63, 3.8) is 0 Å². The molecule has 1 aromatic rings. The van der Waals surface area contributed by atoms with E-state index in [-0.39, 0.29) is 5.82 Å². The zero-order chi connectivity index (χ0) is 12.8. The van der Waals surface area contributed by atoms with Crippen LogP contribution in [0.25, 0.3) is 0 Å². The molecule has 3 heteroatoms. The monoisotopic (exact) mass is 301 g/mol. The second-order valence-electron chi connectivity index (χ2n) is 4.70. The van der Waals surface area contributed by atoms with Crippen LogP contribution < -0.4 is 5.32 Å². The molecule has 17 heavy (non-hydrogen) atoms. The number of rotatable bonds is 6. The van der Waals surface area contributed by atoms with Crippen molar-refractivity contribution in [1.82, 2.24) is 5.32 Å². The molecule has 0 amide bonds. The minimum atomic E-state index is -0.186. The molecule has 0 spiro atoms. The Bertz CT molecular complexity index is 354. The Kier molecular flexibility index (Phi) is 6.14. The second kappa shape index (κ2) is 7.12. The van der Waals surface area contributed by atoms with Crippen molar-refractivity contribution in [3.05, 3.63) is 34.1 Å². The Morgan fingerprint density at radius 1 is 1.29 bits per heavy atom. The van der Waals surface area contributed by atoms with Crippen molar-refractivity contribution in [2.45, 2.75) is 27.2 Å². The zero-order valence-corrected chi connectivity index (χ0v) is 12.3. The Morgan fingerprint density at radius 2 is 2.00 bits per heavy atom. The van der Waals surface area contributed by atoms with E-state index in [2.05, 4.69) is 42.0 Å². The summed E-state index contributed by atoms with van der Waals surface area (Å²) in [4.78, 5) is 0. The predicted molar refractivity (Wildman–Crippen MR) is 74.7 cm³/mol. The summed E-state index contributed by atoms with van der Waals surface area (Å²) in [5.41, 5.74) is 1.18. The van der Waals surface area contributed by atoms with Gasteiger partial charge in [0, 0.05) is 4.47 Å². The highest BCUT2D eigenvalue weighted by atomic mass is 79.9. The van der Waals surface area contributed by atoms with Crippen LogP contribution in [0.15, 0.2) is 22.7 Å². The van der Waals surface area contributed by atoms with Gasteiger partial charge in [0.15, 0.2) is 0 Å². The van der Waals surface area contributed by atoms with Gasteiger partial charge in [-0.05, 0) is 49.0 Å². The van der Waals surface area contributed by atoms with E-state index in [4.69, 9.17) is 0 Å². The van der Waals surface area contributed by atoms with Gasteiger partial charge in [-0.3, -0.25) is 0 Å². The molecule has 0 bridgehead atoms. The molecular formula is C14H21BrFN. The first-order valence-electron chi connectivity index (χ1n) is 6.19. The predicted octanol–water partition coefficient (Wildman–Crippen LogP) is 4.01. The van der Waals surface area contributed by atoms with E-state index in [1.807, 2.05) is 6.07 Å². The third-order valence-electron chi connectivity index (χ3n) is 3.24. The first-order valence-corrected chi connectivity index (χ1v) is 6.98. The lowest BCUT2D eigenvalue weighted by atomic mass is 9.89. The number of benzene rings is 1. The van der Waals surface area contributed by atoms with Crippen molar-refractivity contribution in [3.8, 4) is 0 Å². The van der Waals surface area contributed by atoms with E-state index in [1.54, 1.807) is 0 Å². The molecule has 0 saturated carbocycles. The van der Waals surface area contributed by atoms with Crippen molar-refractivity contribution in [1.29, 1.82) is 0 Å². The van der Waals surface area contributed by atoms with Crippen molar-refractivity contribution < 1.29 is 4.39 Å². The fourth-order valence-electron chi connectivity index (χ4n) is 1.81. The number of hydrogen-bond acceptors (Lipinski definition) is 1. The molecule has 1 N–H and O–H groups in total. The van der Waals surface area contributed by atoms with Gasteiger partial charge in [-0.25, -0.2) is 4.39 Å². The summed E-state index contributed by atoms with van der Waals surface area (Å²) in [6.07, 6.45) is 0.980. The fourth-order valence-corrected chi connectivity index (χ4v) is 2.32. The standard InChI is InChI=1S/C14H21BrFN/c1-4-17-9-11(3)10(2)7-12-5-6-13(16)8-14(12)15/h5-6,8,10-11,17H,4,7,9H2,1-3H3. The number of hydrogen-bond donors (Lipinski definition) is 1. The Morgan fingerprint density at radius 3 is 2.59 bits per heavy atom. The number of nitrogens with one attached hydrogen (secondary N) is 1. The minimum Gasteiger partial charge on any atom is -0.317 e. The van der Waals surface area contributed by atoms with Gasteiger partial charge in [0.2, 0.25) is 0 Å². The molecule has 1 aromatic carbocycles. The van der Waals surface area contributed by atoms with E-state index < -0.39 is 0 Å². The highest BCUT2D eigenvalue weighted by molar-refractivity contribution is 9.10. The first-order chi connectivity index (χ1) is 8.04. The Labute approximate surface area is 112 Å². The summed E-state index contributed by atoms with van der Waals surface area (Å²) in [7, 11) is 0.